The molecule has 1 fully saturated rings. The SMILES string of the molecule is Cc1ccc(Cl)c(O[C@@H](C)c2n[nH]c(=S)n2C2CC2)c1. The predicted molar refractivity (Wildman–Crippen MR) is 80.9 cm³/mol. The number of H-pyrrole nitrogens is 1. The molecule has 1 N–H and O–H groups in total. The zero-order valence-corrected chi connectivity index (χ0v) is 13.0. The summed E-state index contributed by atoms with van der Waals surface area (Å²) in [6.45, 7) is 3.97. The van der Waals surface area contributed by atoms with Crippen molar-refractivity contribution in [3.63, 3.8) is 0 Å². The van der Waals surface area contributed by atoms with E-state index in [1.807, 2.05) is 32.0 Å². The van der Waals surface area contributed by atoms with Gasteiger partial charge in [-0.05, 0) is 56.6 Å². The Morgan fingerprint density at radius 3 is 2.95 bits per heavy atom. The molecule has 0 unspecified atom stereocenters. The fourth-order valence-corrected chi connectivity index (χ4v) is 2.68. The lowest BCUT2D eigenvalue weighted by molar-refractivity contribution is 0.210. The second kappa shape index (κ2) is 5.22. The third-order valence-corrected chi connectivity index (χ3v) is 4.00. The second-order valence-electron chi connectivity index (χ2n) is 5.18. The summed E-state index contributed by atoms with van der Waals surface area (Å²) in [7, 11) is 0. The van der Waals surface area contributed by atoms with Gasteiger partial charge in [-0.25, -0.2) is 0 Å². The average molecular weight is 310 g/mol. The van der Waals surface area contributed by atoms with Crippen molar-refractivity contribution < 1.29 is 4.74 Å². The first-order chi connectivity index (χ1) is 9.56. The number of aryl methyl sites for hydroxylation is 1. The van der Waals surface area contributed by atoms with Gasteiger partial charge in [0.05, 0.1) is 5.02 Å². The highest BCUT2D eigenvalue weighted by atomic mass is 35.5. The Balaban J connectivity index is 1.88. The van der Waals surface area contributed by atoms with Gasteiger partial charge in [-0.2, -0.15) is 5.10 Å². The summed E-state index contributed by atoms with van der Waals surface area (Å²) in [6.07, 6.45) is 2.10. The maximum absolute atomic E-state index is 6.17. The van der Waals surface area contributed by atoms with Crippen molar-refractivity contribution in [3.8, 4) is 5.75 Å². The molecule has 0 aliphatic heterocycles. The summed E-state index contributed by atoms with van der Waals surface area (Å²) < 4.78 is 8.68. The Labute approximate surface area is 127 Å². The maximum Gasteiger partial charge on any atom is 0.195 e. The van der Waals surface area contributed by atoms with Crippen LogP contribution in [0.15, 0.2) is 18.2 Å². The molecule has 2 aromatic rings. The third-order valence-electron chi connectivity index (χ3n) is 3.40. The molecule has 3 rings (SSSR count). The highest BCUT2D eigenvalue weighted by Gasteiger charge is 2.29. The van der Waals surface area contributed by atoms with E-state index >= 15 is 0 Å². The van der Waals surface area contributed by atoms with E-state index in [1.54, 1.807) is 0 Å². The van der Waals surface area contributed by atoms with Crippen molar-refractivity contribution in [3.05, 3.63) is 39.4 Å². The average Bonchev–Trinajstić information content (AvgIpc) is 3.16. The molecule has 0 amide bonds. The van der Waals surface area contributed by atoms with E-state index in [9.17, 15) is 0 Å². The molecular weight excluding hydrogens is 294 g/mol. The molecule has 1 aliphatic rings. The van der Waals surface area contributed by atoms with Crippen LogP contribution in [0.3, 0.4) is 0 Å². The molecule has 0 spiro atoms. The number of ether oxygens (including phenoxy) is 1. The molecule has 0 radical (unpaired) electrons. The lowest BCUT2D eigenvalue weighted by atomic mass is 10.2. The lowest BCUT2D eigenvalue weighted by Crippen LogP contribution is -2.11. The Morgan fingerprint density at radius 1 is 1.50 bits per heavy atom. The smallest absolute Gasteiger partial charge is 0.195 e. The first-order valence-electron chi connectivity index (χ1n) is 6.66. The molecule has 1 aromatic heterocycles. The Hall–Kier alpha value is -1.33. The van der Waals surface area contributed by atoms with E-state index in [-0.39, 0.29) is 6.10 Å². The Bertz CT molecular complexity index is 690. The molecule has 4 nitrogen and oxygen atoms in total. The van der Waals surface area contributed by atoms with Gasteiger partial charge in [0, 0.05) is 6.04 Å². The van der Waals surface area contributed by atoms with Crippen molar-refractivity contribution in [2.75, 3.05) is 0 Å². The molecule has 106 valence electrons. The van der Waals surface area contributed by atoms with Gasteiger partial charge in [0.2, 0.25) is 0 Å². The number of aromatic amines is 1. The number of hydrogen-bond donors (Lipinski definition) is 1. The maximum atomic E-state index is 6.17. The minimum absolute atomic E-state index is 0.206. The summed E-state index contributed by atoms with van der Waals surface area (Å²) in [5, 5.41) is 7.76. The van der Waals surface area contributed by atoms with E-state index in [0.717, 1.165) is 24.2 Å². The van der Waals surface area contributed by atoms with Crippen LogP contribution in [-0.4, -0.2) is 14.8 Å². The molecule has 1 aliphatic carbocycles. The van der Waals surface area contributed by atoms with Crippen molar-refractivity contribution in [1.82, 2.24) is 14.8 Å². The van der Waals surface area contributed by atoms with Gasteiger partial charge in [-0.1, -0.05) is 17.7 Å². The third kappa shape index (κ3) is 2.60. The van der Waals surface area contributed by atoms with Gasteiger partial charge in [0.25, 0.3) is 0 Å². The number of nitrogens with one attached hydrogen (secondary N) is 1. The zero-order chi connectivity index (χ0) is 14.3. The van der Waals surface area contributed by atoms with Crippen molar-refractivity contribution in [2.45, 2.75) is 38.8 Å². The van der Waals surface area contributed by atoms with Crippen LogP contribution in [0.1, 0.15) is 43.3 Å². The van der Waals surface area contributed by atoms with E-state index in [2.05, 4.69) is 14.8 Å². The lowest BCUT2D eigenvalue weighted by Gasteiger charge is -2.16. The fraction of sp³-hybridized carbons (Fsp3) is 0.429. The number of benzene rings is 1. The zero-order valence-electron chi connectivity index (χ0n) is 11.4. The van der Waals surface area contributed by atoms with Crippen molar-refractivity contribution in [1.29, 1.82) is 0 Å². The summed E-state index contributed by atoms with van der Waals surface area (Å²) in [4.78, 5) is 0. The van der Waals surface area contributed by atoms with Crippen LogP contribution in [-0.2, 0) is 0 Å². The molecule has 6 heteroatoms. The summed E-state index contributed by atoms with van der Waals surface area (Å²) in [5.41, 5.74) is 1.11. The summed E-state index contributed by atoms with van der Waals surface area (Å²) in [5.74, 6) is 1.51. The second-order valence-corrected chi connectivity index (χ2v) is 5.98. The molecule has 20 heavy (non-hydrogen) atoms. The highest BCUT2D eigenvalue weighted by molar-refractivity contribution is 7.71. The van der Waals surface area contributed by atoms with Crippen LogP contribution in [0.4, 0.5) is 0 Å². The van der Waals surface area contributed by atoms with Gasteiger partial charge < -0.3 is 4.74 Å². The van der Waals surface area contributed by atoms with Crippen LogP contribution in [0.25, 0.3) is 0 Å². The number of nitrogens with zero attached hydrogens (tertiary/aromatic N) is 2. The summed E-state index contributed by atoms with van der Waals surface area (Å²) in [6, 6.07) is 6.20. The van der Waals surface area contributed by atoms with E-state index in [0.29, 0.717) is 21.6 Å². The van der Waals surface area contributed by atoms with Gasteiger partial charge in [0.1, 0.15) is 5.75 Å². The van der Waals surface area contributed by atoms with Crippen molar-refractivity contribution in [2.24, 2.45) is 0 Å². The number of halogens is 1. The molecule has 1 heterocycles. The normalized spacial score (nSPS) is 16.1. The van der Waals surface area contributed by atoms with Crippen LogP contribution in [0.2, 0.25) is 5.02 Å². The monoisotopic (exact) mass is 309 g/mol. The van der Waals surface area contributed by atoms with Gasteiger partial charge in [0.15, 0.2) is 16.7 Å². The van der Waals surface area contributed by atoms with Gasteiger partial charge in [-0.15, -0.1) is 0 Å². The van der Waals surface area contributed by atoms with E-state index in [4.69, 9.17) is 28.6 Å². The first-order valence-corrected chi connectivity index (χ1v) is 7.44. The minimum atomic E-state index is -0.206. The van der Waals surface area contributed by atoms with Crippen LogP contribution in [0.5, 0.6) is 5.75 Å². The van der Waals surface area contributed by atoms with Crippen LogP contribution in [0, 0.1) is 11.7 Å². The molecule has 0 saturated heterocycles. The largest absolute Gasteiger partial charge is 0.481 e. The standard InChI is InChI=1S/C14H16ClN3OS/c1-8-3-6-11(15)12(7-8)19-9(2)13-16-17-14(20)18(13)10-4-5-10/h3,6-7,9-10H,4-5H2,1-2H3,(H,17,20)/t9-/m0/s1. The van der Waals surface area contributed by atoms with E-state index in [1.165, 1.54) is 0 Å². The van der Waals surface area contributed by atoms with Crippen LogP contribution < -0.4 is 4.74 Å². The quantitative estimate of drug-likeness (QED) is 0.852. The molecule has 1 aromatic carbocycles. The molecule has 1 atom stereocenters. The number of hydrogen-bond acceptors (Lipinski definition) is 3. The highest BCUT2D eigenvalue weighted by Crippen LogP contribution is 2.38. The number of rotatable bonds is 4. The van der Waals surface area contributed by atoms with Crippen molar-refractivity contribution >= 4 is 23.8 Å². The van der Waals surface area contributed by atoms with Gasteiger partial charge in [-0.3, -0.25) is 9.67 Å². The molecule has 0 bridgehead atoms. The summed E-state index contributed by atoms with van der Waals surface area (Å²) >= 11 is 11.4. The predicted octanol–water partition coefficient (Wildman–Crippen LogP) is 4.38. The fourth-order valence-electron chi connectivity index (χ4n) is 2.23. The minimum Gasteiger partial charge on any atom is -0.481 e. The van der Waals surface area contributed by atoms with Gasteiger partial charge >= 0.3 is 0 Å². The first kappa shape index (κ1) is 13.6. The molecular formula is C14H16ClN3OS. The number of aromatic nitrogens is 3. The van der Waals surface area contributed by atoms with Crippen LogP contribution >= 0.6 is 23.8 Å². The molecule has 1 saturated carbocycles. The van der Waals surface area contributed by atoms with E-state index < -0.39 is 0 Å². The topological polar surface area (TPSA) is 42.8 Å². The Kier molecular flexibility index (Phi) is 3.56. The Morgan fingerprint density at radius 2 is 2.25 bits per heavy atom.